The Morgan fingerprint density at radius 1 is 1.13 bits per heavy atom. The summed E-state index contributed by atoms with van der Waals surface area (Å²) in [4.78, 5) is 4.70. The summed E-state index contributed by atoms with van der Waals surface area (Å²) in [5.41, 5.74) is 0.416. The Morgan fingerprint density at radius 3 is 2.30 bits per heavy atom. The molecule has 138 valence electrons. The Morgan fingerprint density at radius 2 is 1.83 bits per heavy atom. The van der Waals surface area contributed by atoms with Crippen LogP contribution in [0.1, 0.15) is 52.9 Å². The molecule has 0 aromatic carbocycles. The van der Waals surface area contributed by atoms with Crippen LogP contribution in [-0.2, 0) is 10.0 Å². The number of hydrogen-bond acceptors (Lipinski definition) is 3. The van der Waals surface area contributed by atoms with Gasteiger partial charge < -0.3 is 10.6 Å². The van der Waals surface area contributed by atoms with E-state index in [-0.39, 0.29) is 29.7 Å². The topological polar surface area (TPSA) is 82.6 Å². The van der Waals surface area contributed by atoms with E-state index >= 15 is 0 Å². The summed E-state index contributed by atoms with van der Waals surface area (Å²) >= 11 is 0. The van der Waals surface area contributed by atoms with E-state index in [1.54, 1.807) is 6.92 Å². The number of sulfonamides is 1. The van der Waals surface area contributed by atoms with Crippen LogP contribution in [0, 0.1) is 5.41 Å². The molecule has 8 heteroatoms. The third kappa shape index (κ3) is 8.53. The van der Waals surface area contributed by atoms with Gasteiger partial charge in [-0.1, -0.05) is 13.3 Å². The molecule has 1 aliphatic rings. The molecule has 23 heavy (non-hydrogen) atoms. The first kappa shape index (κ1) is 22.9. The number of hydrogen-bond donors (Lipinski definition) is 3. The van der Waals surface area contributed by atoms with E-state index in [1.807, 2.05) is 6.92 Å². The number of guanidine groups is 1. The Bertz CT molecular complexity index is 445. The fourth-order valence-electron chi connectivity index (χ4n) is 2.51. The third-order valence-corrected chi connectivity index (χ3v) is 5.83. The van der Waals surface area contributed by atoms with Crippen molar-refractivity contribution in [2.45, 2.75) is 52.9 Å². The Labute approximate surface area is 158 Å². The van der Waals surface area contributed by atoms with Crippen LogP contribution < -0.4 is 15.4 Å². The van der Waals surface area contributed by atoms with Gasteiger partial charge in [0.2, 0.25) is 10.0 Å². The Kier molecular flexibility index (Phi) is 11.4. The predicted molar refractivity (Wildman–Crippen MR) is 108 cm³/mol. The highest BCUT2D eigenvalue weighted by molar-refractivity contribution is 14.0. The zero-order valence-corrected chi connectivity index (χ0v) is 17.8. The van der Waals surface area contributed by atoms with Crippen LogP contribution in [0.5, 0.6) is 0 Å². The number of aliphatic imine (C=N–C) groups is 1. The zero-order chi connectivity index (χ0) is 16.5. The molecular weight excluding hydrogens is 427 g/mol. The fraction of sp³-hybridized carbons (Fsp3) is 0.933. The van der Waals surface area contributed by atoms with Gasteiger partial charge in [0, 0.05) is 26.2 Å². The minimum atomic E-state index is -3.08. The average molecular weight is 460 g/mol. The van der Waals surface area contributed by atoms with Gasteiger partial charge >= 0.3 is 0 Å². The maximum atomic E-state index is 11.3. The second kappa shape index (κ2) is 11.5. The largest absolute Gasteiger partial charge is 0.357 e. The molecule has 0 aromatic heterocycles. The Balaban J connectivity index is 0.00000484. The van der Waals surface area contributed by atoms with Gasteiger partial charge in [-0.2, -0.15) is 0 Å². The number of nitrogens with one attached hydrogen (secondary N) is 3. The first-order valence-electron chi connectivity index (χ1n) is 8.46. The average Bonchev–Trinajstić information content (AvgIpc) is 2.46. The van der Waals surface area contributed by atoms with Gasteiger partial charge in [-0.3, -0.25) is 4.99 Å². The maximum absolute atomic E-state index is 11.3. The quantitative estimate of drug-likeness (QED) is 0.202. The molecule has 0 bridgehead atoms. The van der Waals surface area contributed by atoms with Gasteiger partial charge in [0.1, 0.15) is 0 Å². The highest BCUT2D eigenvalue weighted by Crippen LogP contribution is 2.43. The highest BCUT2D eigenvalue weighted by atomic mass is 127. The van der Waals surface area contributed by atoms with Crippen molar-refractivity contribution in [3.8, 4) is 0 Å². The summed E-state index contributed by atoms with van der Waals surface area (Å²) in [6.45, 7) is 8.80. The molecule has 3 N–H and O–H groups in total. The Hall–Kier alpha value is -0.0900. The maximum Gasteiger partial charge on any atom is 0.211 e. The lowest BCUT2D eigenvalue weighted by atomic mass is 9.67. The first-order valence-corrected chi connectivity index (χ1v) is 10.1. The summed E-state index contributed by atoms with van der Waals surface area (Å²) in [7, 11) is -3.08. The molecule has 0 amide bonds. The molecule has 1 aliphatic carbocycles. The van der Waals surface area contributed by atoms with E-state index in [0.717, 1.165) is 25.5 Å². The van der Waals surface area contributed by atoms with Crippen LogP contribution >= 0.6 is 24.0 Å². The van der Waals surface area contributed by atoms with Gasteiger partial charge in [0.25, 0.3) is 0 Å². The molecular formula is C15H33IN4O2S. The van der Waals surface area contributed by atoms with Crippen molar-refractivity contribution >= 4 is 40.0 Å². The molecule has 0 heterocycles. The second-order valence-corrected chi connectivity index (χ2v) is 8.08. The molecule has 1 rings (SSSR count). The standard InChI is InChI=1S/C15H32N4O2S.HI/c1-4-15(9-7-10-15)13-18-14(16-5-2)17-11-8-12-19-22(20,21)6-3;/h19H,4-13H2,1-3H3,(H2,16,17,18);1H. The lowest BCUT2D eigenvalue weighted by molar-refractivity contribution is 0.139. The normalized spacial score (nSPS) is 17.1. The van der Waals surface area contributed by atoms with Crippen molar-refractivity contribution in [2.75, 3.05) is 31.9 Å². The van der Waals surface area contributed by atoms with Gasteiger partial charge in [-0.05, 0) is 44.9 Å². The minimum absolute atomic E-state index is 0. The first-order chi connectivity index (χ1) is 10.5. The van der Waals surface area contributed by atoms with Gasteiger partial charge in [-0.15, -0.1) is 24.0 Å². The second-order valence-electron chi connectivity index (χ2n) is 5.98. The summed E-state index contributed by atoms with van der Waals surface area (Å²) in [6, 6.07) is 0. The van der Waals surface area contributed by atoms with Crippen molar-refractivity contribution in [1.82, 2.24) is 15.4 Å². The van der Waals surface area contributed by atoms with E-state index in [4.69, 9.17) is 4.99 Å². The lowest BCUT2D eigenvalue weighted by Crippen LogP contribution is -2.40. The number of nitrogens with zero attached hydrogens (tertiary/aromatic N) is 1. The van der Waals surface area contributed by atoms with E-state index in [9.17, 15) is 8.42 Å². The van der Waals surface area contributed by atoms with E-state index in [0.29, 0.717) is 18.5 Å². The molecule has 0 aromatic rings. The van der Waals surface area contributed by atoms with Crippen LogP contribution in [0.25, 0.3) is 0 Å². The summed E-state index contributed by atoms with van der Waals surface area (Å²) in [5.74, 6) is 0.962. The lowest BCUT2D eigenvalue weighted by Gasteiger charge is -2.40. The van der Waals surface area contributed by atoms with Crippen LogP contribution in [-0.4, -0.2) is 46.3 Å². The van der Waals surface area contributed by atoms with Gasteiger partial charge in [0.05, 0.1) is 5.75 Å². The summed E-state index contributed by atoms with van der Waals surface area (Å²) in [6.07, 6.45) is 5.82. The smallest absolute Gasteiger partial charge is 0.211 e. The molecule has 0 unspecified atom stereocenters. The van der Waals surface area contributed by atoms with Crippen LogP contribution in [0.15, 0.2) is 4.99 Å². The van der Waals surface area contributed by atoms with Crippen LogP contribution in [0.2, 0.25) is 0 Å². The fourth-order valence-corrected chi connectivity index (χ4v) is 3.17. The van der Waals surface area contributed by atoms with Crippen LogP contribution in [0.3, 0.4) is 0 Å². The molecule has 0 atom stereocenters. The van der Waals surface area contributed by atoms with Crippen molar-refractivity contribution in [2.24, 2.45) is 10.4 Å². The van der Waals surface area contributed by atoms with Crippen LogP contribution in [0.4, 0.5) is 0 Å². The van der Waals surface area contributed by atoms with Crippen molar-refractivity contribution in [3.05, 3.63) is 0 Å². The molecule has 0 aliphatic heterocycles. The van der Waals surface area contributed by atoms with E-state index < -0.39 is 10.0 Å². The van der Waals surface area contributed by atoms with Gasteiger partial charge in [-0.25, -0.2) is 13.1 Å². The number of halogens is 1. The molecule has 1 fully saturated rings. The molecule has 0 radical (unpaired) electrons. The monoisotopic (exact) mass is 460 g/mol. The van der Waals surface area contributed by atoms with Crippen molar-refractivity contribution in [1.29, 1.82) is 0 Å². The predicted octanol–water partition coefficient (Wildman–Crippen LogP) is 2.07. The van der Waals surface area contributed by atoms with E-state index in [2.05, 4.69) is 22.3 Å². The van der Waals surface area contributed by atoms with Crippen molar-refractivity contribution in [3.63, 3.8) is 0 Å². The summed E-state index contributed by atoms with van der Waals surface area (Å²) in [5, 5.41) is 6.52. The van der Waals surface area contributed by atoms with Crippen molar-refractivity contribution < 1.29 is 8.42 Å². The SMILES string of the molecule is CCNC(=NCC1(CC)CCC1)NCCCNS(=O)(=O)CC.I. The third-order valence-electron chi connectivity index (χ3n) is 4.43. The summed E-state index contributed by atoms with van der Waals surface area (Å²) < 4.78 is 25.2. The molecule has 1 saturated carbocycles. The highest BCUT2D eigenvalue weighted by Gasteiger charge is 2.34. The van der Waals surface area contributed by atoms with Gasteiger partial charge in [0.15, 0.2) is 5.96 Å². The molecule has 6 nitrogen and oxygen atoms in total. The van der Waals surface area contributed by atoms with E-state index in [1.165, 1.54) is 25.7 Å². The number of rotatable bonds is 10. The minimum Gasteiger partial charge on any atom is -0.357 e. The molecule has 0 saturated heterocycles. The molecule has 0 spiro atoms. The zero-order valence-electron chi connectivity index (χ0n) is 14.7.